The molecule has 3 fully saturated rings. The van der Waals surface area contributed by atoms with E-state index < -0.39 is 54.1 Å². The molecule has 3 saturated heterocycles. The quantitative estimate of drug-likeness (QED) is 0.550. The molecule has 6 atom stereocenters. The molecule has 192 valence electrons. The van der Waals surface area contributed by atoms with Gasteiger partial charge in [0.25, 0.3) is 0 Å². The Balaban J connectivity index is 1.77. The van der Waals surface area contributed by atoms with Gasteiger partial charge in [-0.25, -0.2) is 0 Å². The van der Waals surface area contributed by atoms with E-state index in [1.54, 1.807) is 0 Å². The van der Waals surface area contributed by atoms with Crippen LogP contribution in [0.1, 0.15) is 67.2 Å². The summed E-state index contributed by atoms with van der Waals surface area (Å²) in [5.41, 5.74) is 1.69. The zero-order valence-electron chi connectivity index (χ0n) is 21.8. The molecule has 9 heteroatoms. The smallest absolute Gasteiger partial charge is 0.335 e. The van der Waals surface area contributed by atoms with Gasteiger partial charge in [0, 0.05) is 5.56 Å². The van der Waals surface area contributed by atoms with E-state index in [1.165, 1.54) is 0 Å². The van der Waals surface area contributed by atoms with Crippen molar-refractivity contribution in [1.82, 2.24) is 0 Å². The standard InChI is InChI=1S/C25H42O7Si2/c1-15(2)33(16(3)4)30-22-21-20(14-27-25(29-21)19-12-10-9-11-13-19)28-24(26)23(22)31-34(32-33,17(5)6)18(7)8/h9-13,15-18,20-26H,14H2,1-8H3/t20-,21-,22+,23-,24?,25-/m1/s1. The predicted molar refractivity (Wildman–Crippen MR) is 134 cm³/mol. The monoisotopic (exact) mass is 510 g/mol. The Morgan fingerprint density at radius 2 is 1.26 bits per heavy atom. The molecule has 3 aliphatic rings. The Kier molecular flexibility index (Phi) is 7.80. The number of rotatable bonds is 5. The molecule has 3 aliphatic heterocycles. The van der Waals surface area contributed by atoms with E-state index in [0.29, 0.717) is 6.61 Å². The van der Waals surface area contributed by atoms with Gasteiger partial charge < -0.3 is 32.3 Å². The number of aliphatic hydroxyl groups excluding tert-OH is 1. The Hall–Kier alpha value is -0.626. The minimum Gasteiger partial charge on any atom is -0.414 e. The van der Waals surface area contributed by atoms with E-state index in [1.807, 2.05) is 30.3 Å². The summed E-state index contributed by atoms with van der Waals surface area (Å²) in [7, 11) is -5.64. The van der Waals surface area contributed by atoms with Gasteiger partial charge in [0.15, 0.2) is 12.6 Å². The Morgan fingerprint density at radius 1 is 0.735 bits per heavy atom. The van der Waals surface area contributed by atoms with Gasteiger partial charge in [-0.2, -0.15) is 0 Å². The van der Waals surface area contributed by atoms with Crippen LogP contribution < -0.4 is 0 Å². The SMILES string of the molecule is CC(C)[Si]1(C(C)C)O[C@H]2[C@@H]3O[C@H](c4ccccc4)OC[C@H]3OC(O)[C@@H]2O[Si](C(C)C)(C(C)C)O1. The van der Waals surface area contributed by atoms with Crippen LogP contribution in [0, 0.1) is 0 Å². The number of hydrogen-bond donors (Lipinski definition) is 1. The average molecular weight is 511 g/mol. The van der Waals surface area contributed by atoms with Crippen LogP contribution in [0.25, 0.3) is 0 Å². The number of ether oxygens (including phenoxy) is 3. The fourth-order valence-electron chi connectivity index (χ4n) is 5.67. The molecule has 34 heavy (non-hydrogen) atoms. The van der Waals surface area contributed by atoms with E-state index in [4.69, 9.17) is 27.2 Å². The van der Waals surface area contributed by atoms with Crippen LogP contribution in [0.15, 0.2) is 30.3 Å². The van der Waals surface area contributed by atoms with Crippen molar-refractivity contribution < 1.29 is 32.3 Å². The number of benzene rings is 1. The van der Waals surface area contributed by atoms with Gasteiger partial charge in [0.05, 0.1) is 6.61 Å². The van der Waals surface area contributed by atoms with Crippen LogP contribution in [0.2, 0.25) is 22.2 Å². The summed E-state index contributed by atoms with van der Waals surface area (Å²) in [4.78, 5) is 0. The first-order valence-corrected chi connectivity index (χ1v) is 16.7. The molecule has 1 aromatic carbocycles. The zero-order chi connectivity index (χ0) is 24.8. The normalized spacial score (nSPS) is 35.3. The maximum absolute atomic E-state index is 11.1. The van der Waals surface area contributed by atoms with Crippen molar-refractivity contribution in [3.8, 4) is 0 Å². The minimum absolute atomic E-state index is 0.178. The molecule has 4 rings (SSSR count). The van der Waals surface area contributed by atoms with Crippen LogP contribution in [0.3, 0.4) is 0 Å². The average Bonchev–Trinajstić information content (AvgIpc) is 2.97. The molecule has 0 saturated carbocycles. The van der Waals surface area contributed by atoms with Gasteiger partial charge >= 0.3 is 17.1 Å². The first-order chi connectivity index (χ1) is 16.0. The van der Waals surface area contributed by atoms with Crippen LogP contribution in [0.4, 0.5) is 0 Å². The molecular weight excluding hydrogens is 468 g/mol. The molecule has 0 bridgehead atoms. The maximum atomic E-state index is 11.1. The van der Waals surface area contributed by atoms with Gasteiger partial charge in [-0.3, -0.25) is 0 Å². The Bertz CT molecular complexity index is 803. The molecule has 3 heterocycles. The Labute approximate surface area is 206 Å². The third kappa shape index (κ3) is 4.48. The lowest BCUT2D eigenvalue weighted by Gasteiger charge is -2.49. The van der Waals surface area contributed by atoms with Gasteiger partial charge in [-0.05, 0) is 22.2 Å². The van der Waals surface area contributed by atoms with Gasteiger partial charge in [0.1, 0.15) is 24.4 Å². The van der Waals surface area contributed by atoms with Crippen LogP contribution in [0.5, 0.6) is 0 Å². The van der Waals surface area contributed by atoms with E-state index in [9.17, 15) is 5.11 Å². The van der Waals surface area contributed by atoms with E-state index in [-0.39, 0.29) is 22.2 Å². The zero-order valence-corrected chi connectivity index (χ0v) is 23.8. The minimum atomic E-state index is -2.83. The number of fused-ring (bicyclic) bond motifs is 3. The van der Waals surface area contributed by atoms with E-state index in [2.05, 4.69) is 55.4 Å². The molecule has 0 aliphatic carbocycles. The fourth-order valence-corrected chi connectivity index (χ4v) is 16.9. The van der Waals surface area contributed by atoms with Crippen molar-refractivity contribution >= 4 is 17.1 Å². The number of aliphatic hydroxyl groups is 1. The molecule has 1 unspecified atom stereocenters. The second-order valence-corrected chi connectivity index (χ2v) is 19.9. The Morgan fingerprint density at radius 3 is 1.79 bits per heavy atom. The van der Waals surface area contributed by atoms with Gasteiger partial charge in [0.2, 0.25) is 0 Å². The van der Waals surface area contributed by atoms with Crippen molar-refractivity contribution in [3.63, 3.8) is 0 Å². The van der Waals surface area contributed by atoms with Crippen LogP contribution >= 0.6 is 0 Å². The van der Waals surface area contributed by atoms with Crippen molar-refractivity contribution in [1.29, 1.82) is 0 Å². The summed E-state index contributed by atoms with van der Waals surface area (Å²) in [5.74, 6) is 0. The van der Waals surface area contributed by atoms with Crippen LogP contribution in [-0.4, -0.2) is 59.5 Å². The van der Waals surface area contributed by atoms with Crippen molar-refractivity contribution in [2.24, 2.45) is 0 Å². The lowest BCUT2D eigenvalue weighted by molar-refractivity contribution is -0.349. The van der Waals surface area contributed by atoms with Gasteiger partial charge in [-0.15, -0.1) is 0 Å². The predicted octanol–water partition coefficient (Wildman–Crippen LogP) is 5.14. The highest BCUT2D eigenvalue weighted by molar-refractivity contribution is 6.84. The maximum Gasteiger partial charge on any atom is 0.335 e. The second-order valence-electron chi connectivity index (χ2n) is 11.1. The third-order valence-corrected chi connectivity index (χ3v) is 17.8. The van der Waals surface area contributed by atoms with Crippen molar-refractivity contribution in [3.05, 3.63) is 35.9 Å². The summed E-state index contributed by atoms with van der Waals surface area (Å²) in [6, 6.07) is 9.89. The highest BCUT2D eigenvalue weighted by atomic mass is 28.5. The van der Waals surface area contributed by atoms with Crippen LogP contribution in [-0.2, 0) is 27.2 Å². The largest absolute Gasteiger partial charge is 0.414 e. The number of hydrogen-bond acceptors (Lipinski definition) is 7. The molecule has 1 aromatic rings. The lowest BCUT2D eigenvalue weighted by Crippen LogP contribution is -2.65. The molecule has 0 radical (unpaired) electrons. The molecular formula is C25H42O7Si2. The second kappa shape index (κ2) is 10.0. The summed E-state index contributed by atoms with van der Waals surface area (Å²) in [6.07, 6.45) is -3.74. The third-order valence-electron chi connectivity index (χ3n) is 7.55. The summed E-state index contributed by atoms with van der Waals surface area (Å²) in [5, 5.41) is 11.1. The summed E-state index contributed by atoms with van der Waals surface area (Å²) >= 11 is 0. The summed E-state index contributed by atoms with van der Waals surface area (Å²) < 4.78 is 39.8. The van der Waals surface area contributed by atoms with Crippen molar-refractivity contribution in [2.75, 3.05) is 6.61 Å². The first-order valence-electron chi connectivity index (χ1n) is 12.7. The van der Waals surface area contributed by atoms with Gasteiger partial charge in [-0.1, -0.05) is 85.7 Å². The molecule has 0 aromatic heterocycles. The lowest BCUT2D eigenvalue weighted by atomic mass is 9.98. The topological polar surface area (TPSA) is 75.6 Å². The van der Waals surface area contributed by atoms with E-state index >= 15 is 0 Å². The molecule has 0 spiro atoms. The fraction of sp³-hybridized carbons (Fsp3) is 0.760. The molecule has 0 amide bonds. The summed E-state index contributed by atoms with van der Waals surface area (Å²) in [6.45, 7) is 17.7. The highest BCUT2D eigenvalue weighted by Gasteiger charge is 2.65. The molecule has 7 nitrogen and oxygen atoms in total. The first kappa shape index (κ1) is 26.4. The van der Waals surface area contributed by atoms with E-state index in [0.717, 1.165) is 5.56 Å². The highest BCUT2D eigenvalue weighted by Crippen LogP contribution is 2.50. The molecule has 1 N–H and O–H groups in total. The van der Waals surface area contributed by atoms with Crippen molar-refractivity contribution in [2.45, 2.75) is 115 Å².